The summed E-state index contributed by atoms with van der Waals surface area (Å²) in [5.41, 5.74) is 6.34. The summed E-state index contributed by atoms with van der Waals surface area (Å²) < 4.78 is 39.5. The van der Waals surface area contributed by atoms with Crippen LogP contribution in [0.25, 0.3) is 0 Å². The van der Waals surface area contributed by atoms with Crippen molar-refractivity contribution >= 4 is 0 Å². The summed E-state index contributed by atoms with van der Waals surface area (Å²) in [6, 6.07) is 6.16. The average Bonchev–Trinajstić information content (AvgIpc) is 3.08. The molecule has 3 fully saturated rings. The van der Waals surface area contributed by atoms with Crippen LogP contribution in [0.4, 0.5) is 13.2 Å². The number of fused-ring (bicyclic) bond motifs is 5. The monoisotopic (exact) mass is 296 g/mol. The van der Waals surface area contributed by atoms with Crippen LogP contribution in [0.15, 0.2) is 24.3 Å². The normalized spacial score (nSPS) is 38.5. The fourth-order valence-corrected chi connectivity index (χ4v) is 4.77. The Balaban J connectivity index is 1.61. The highest BCUT2D eigenvalue weighted by molar-refractivity contribution is 5.33. The first-order valence-electron chi connectivity index (χ1n) is 7.71. The average molecular weight is 296 g/mol. The van der Waals surface area contributed by atoms with Crippen molar-refractivity contribution in [2.75, 3.05) is 0 Å². The third kappa shape index (κ3) is 2.18. The van der Waals surface area contributed by atoms with E-state index in [1.807, 2.05) is 0 Å². The summed E-state index contributed by atoms with van der Waals surface area (Å²) in [5, 5.41) is 0. The predicted molar refractivity (Wildman–Crippen MR) is 73.2 cm³/mol. The van der Waals surface area contributed by atoms with E-state index in [1.54, 1.807) is 12.1 Å². The molecular formula is C16H19F3N2. The van der Waals surface area contributed by atoms with E-state index in [2.05, 4.69) is 10.9 Å². The molecule has 5 atom stereocenters. The maximum atomic E-state index is 13.2. The van der Waals surface area contributed by atoms with E-state index in [-0.39, 0.29) is 6.04 Å². The molecule has 0 spiro atoms. The van der Waals surface area contributed by atoms with E-state index >= 15 is 0 Å². The standard InChI is InChI=1S/C16H19F3N2/c17-16(18,19)13-4-2-1-3-11(13)14-8-12-9-5-6-10(7-9)15(12)21-20-14/h1-4,9-10,12,14-15,20-21H,5-8H2. The second-order valence-corrected chi connectivity index (χ2v) is 6.68. The maximum Gasteiger partial charge on any atom is 0.416 e. The van der Waals surface area contributed by atoms with Gasteiger partial charge in [-0.05, 0) is 55.1 Å². The SMILES string of the molecule is FC(F)(F)c1ccccc1C1CC2C3CCC(C3)C2NN1. The van der Waals surface area contributed by atoms with Gasteiger partial charge < -0.3 is 0 Å². The second-order valence-electron chi connectivity index (χ2n) is 6.68. The molecule has 0 aromatic heterocycles. The van der Waals surface area contributed by atoms with Crippen molar-refractivity contribution < 1.29 is 13.2 Å². The third-order valence-electron chi connectivity index (χ3n) is 5.66. The smallest absolute Gasteiger partial charge is 0.254 e. The Bertz CT molecular complexity index is 543. The van der Waals surface area contributed by atoms with Crippen LogP contribution in [0.2, 0.25) is 0 Å². The number of hydrogen-bond donors (Lipinski definition) is 2. The molecule has 2 nitrogen and oxygen atoms in total. The summed E-state index contributed by atoms with van der Waals surface area (Å²) in [5.74, 6) is 1.94. The molecule has 2 bridgehead atoms. The molecule has 3 aliphatic rings. The number of hydrazine groups is 1. The van der Waals surface area contributed by atoms with E-state index < -0.39 is 11.7 Å². The van der Waals surface area contributed by atoms with Crippen LogP contribution in [0, 0.1) is 17.8 Å². The van der Waals surface area contributed by atoms with E-state index in [9.17, 15) is 13.2 Å². The van der Waals surface area contributed by atoms with Crippen LogP contribution in [-0.2, 0) is 6.18 Å². The highest BCUT2D eigenvalue weighted by atomic mass is 19.4. The molecule has 4 rings (SSSR count). The largest absolute Gasteiger partial charge is 0.416 e. The third-order valence-corrected chi connectivity index (χ3v) is 5.66. The molecule has 1 aromatic carbocycles. The number of nitrogens with one attached hydrogen (secondary N) is 2. The van der Waals surface area contributed by atoms with Gasteiger partial charge in [-0.3, -0.25) is 10.9 Å². The molecule has 2 saturated carbocycles. The van der Waals surface area contributed by atoms with Gasteiger partial charge in [-0.2, -0.15) is 13.2 Å². The van der Waals surface area contributed by atoms with Crippen molar-refractivity contribution in [2.24, 2.45) is 17.8 Å². The van der Waals surface area contributed by atoms with Crippen molar-refractivity contribution in [1.82, 2.24) is 10.9 Å². The molecule has 0 radical (unpaired) electrons. The molecule has 1 aromatic rings. The van der Waals surface area contributed by atoms with Crippen LogP contribution in [0.5, 0.6) is 0 Å². The van der Waals surface area contributed by atoms with Crippen LogP contribution in [0.3, 0.4) is 0 Å². The van der Waals surface area contributed by atoms with E-state index in [1.165, 1.54) is 31.4 Å². The van der Waals surface area contributed by atoms with Gasteiger partial charge in [0.2, 0.25) is 0 Å². The Hall–Kier alpha value is -1.07. The lowest BCUT2D eigenvalue weighted by Crippen LogP contribution is -2.54. The minimum absolute atomic E-state index is 0.247. The van der Waals surface area contributed by atoms with Crippen LogP contribution >= 0.6 is 0 Å². The van der Waals surface area contributed by atoms with Crippen molar-refractivity contribution in [3.05, 3.63) is 35.4 Å². The van der Waals surface area contributed by atoms with Gasteiger partial charge in [0.15, 0.2) is 0 Å². The molecule has 21 heavy (non-hydrogen) atoms. The first-order valence-corrected chi connectivity index (χ1v) is 7.71. The zero-order chi connectivity index (χ0) is 14.6. The topological polar surface area (TPSA) is 24.1 Å². The summed E-state index contributed by atoms with van der Waals surface area (Å²) in [4.78, 5) is 0. The quantitative estimate of drug-likeness (QED) is 0.826. The number of halogens is 3. The number of benzene rings is 1. The second kappa shape index (κ2) is 4.71. The Morgan fingerprint density at radius 3 is 2.52 bits per heavy atom. The zero-order valence-electron chi connectivity index (χ0n) is 11.7. The number of hydrogen-bond acceptors (Lipinski definition) is 2. The van der Waals surface area contributed by atoms with Crippen LogP contribution in [-0.4, -0.2) is 6.04 Å². The van der Waals surface area contributed by atoms with Gasteiger partial charge in [-0.15, -0.1) is 0 Å². The van der Waals surface area contributed by atoms with Crippen molar-refractivity contribution in [3.8, 4) is 0 Å². The Labute approximate surface area is 122 Å². The van der Waals surface area contributed by atoms with Crippen molar-refractivity contribution in [2.45, 2.75) is 43.9 Å². The first kappa shape index (κ1) is 13.6. The molecule has 1 aliphatic heterocycles. The van der Waals surface area contributed by atoms with E-state index in [4.69, 9.17) is 0 Å². The van der Waals surface area contributed by atoms with Gasteiger partial charge in [0, 0.05) is 12.1 Å². The van der Waals surface area contributed by atoms with Gasteiger partial charge in [0.25, 0.3) is 0 Å². The van der Waals surface area contributed by atoms with Gasteiger partial charge in [-0.1, -0.05) is 18.2 Å². The van der Waals surface area contributed by atoms with Crippen molar-refractivity contribution in [1.29, 1.82) is 0 Å². The molecule has 2 aliphatic carbocycles. The first-order chi connectivity index (χ1) is 10.0. The highest BCUT2D eigenvalue weighted by Gasteiger charge is 2.50. The molecule has 1 saturated heterocycles. The Kier molecular flexibility index (Phi) is 3.05. The zero-order valence-corrected chi connectivity index (χ0v) is 11.7. The van der Waals surface area contributed by atoms with Crippen LogP contribution in [0.1, 0.15) is 42.9 Å². The minimum Gasteiger partial charge on any atom is -0.254 e. The lowest BCUT2D eigenvalue weighted by atomic mass is 9.78. The summed E-state index contributed by atoms with van der Waals surface area (Å²) in [6.45, 7) is 0. The minimum atomic E-state index is -4.29. The lowest BCUT2D eigenvalue weighted by molar-refractivity contribution is -0.138. The molecule has 2 N–H and O–H groups in total. The fraction of sp³-hybridized carbons (Fsp3) is 0.625. The number of rotatable bonds is 1. The maximum absolute atomic E-state index is 13.2. The number of alkyl halides is 3. The predicted octanol–water partition coefficient (Wildman–Crippen LogP) is 3.66. The Morgan fingerprint density at radius 2 is 1.71 bits per heavy atom. The van der Waals surface area contributed by atoms with Gasteiger partial charge in [-0.25, -0.2) is 0 Å². The van der Waals surface area contributed by atoms with Gasteiger partial charge in [0.1, 0.15) is 0 Å². The van der Waals surface area contributed by atoms with E-state index in [0.29, 0.717) is 29.4 Å². The highest BCUT2D eigenvalue weighted by Crippen LogP contribution is 2.52. The molecule has 1 heterocycles. The van der Waals surface area contributed by atoms with E-state index in [0.717, 1.165) is 6.42 Å². The van der Waals surface area contributed by atoms with Crippen molar-refractivity contribution in [3.63, 3.8) is 0 Å². The van der Waals surface area contributed by atoms with Crippen LogP contribution < -0.4 is 10.9 Å². The lowest BCUT2D eigenvalue weighted by Gasteiger charge is -2.41. The van der Waals surface area contributed by atoms with Gasteiger partial charge in [0.05, 0.1) is 5.56 Å². The summed E-state index contributed by atoms with van der Waals surface area (Å²) in [6.07, 6.45) is 0.291. The molecular weight excluding hydrogens is 277 g/mol. The summed E-state index contributed by atoms with van der Waals surface area (Å²) >= 11 is 0. The molecule has 5 heteroatoms. The fourth-order valence-electron chi connectivity index (χ4n) is 4.77. The van der Waals surface area contributed by atoms with Gasteiger partial charge >= 0.3 is 6.18 Å². The molecule has 114 valence electrons. The molecule has 0 amide bonds. The molecule has 5 unspecified atom stereocenters. The Morgan fingerprint density at radius 1 is 0.952 bits per heavy atom. The summed E-state index contributed by atoms with van der Waals surface area (Å²) in [7, 11) is 0.